The third-order valence-corrected chi connectivity index (χ3v) is 7.04. The van der Waals surface area contributed by atoms with Crippen molar-refractivity contribution in [3.8, 4) is 45.3 Å². The summed E-state index contributed by atoms with van der Waals surface area (Å²) < 4.78 is 25.6. The first-order valence-corrected chi connectivity index (χ1v) is 13.1. The standard InChI is InChI=1S/C33H24FN5O2/c1-40-24-11-21(10-23(34)13-24)26-8-5-9-29-27(26)14-31(37-29)33-28-15-30(36-18-32(28)38-39-33)22-12-25(17-35-16-22)41-19-20-6-3-2-4-7-20/h2-18,37H,19H2,1H3,(H,38,39). The lowest BCUT2D eigenvalue weighted by Gasteiger charge is -2.08. The number of fused-ring (bicyclic) bond motifs is 2. The van der Waals surface area contributed by atoms with Gasteiger partial charge in [0.1, 0.15) is 29.6 Å². The van der Waals surface area contributed by atoms with Gasteiger partial charge in [0.25, 0.3) is 0 Å². The predicted molar refractivity (Wildman–Crippen MR) is 157 cm³/mol. The Labute approximate surface area is 234 Å². The maximum absolute atomic E-state index is 14.3. The number of pyridine rings is 2. The van der Waals surface area contributed by atoms with E-state index in [1.165, 1.54) is 19.2 Å². The Balaban J connectivity index is 1.24. The van der Waals surface area contributed by atoms with Gasteiger partial charge in [-0.15, -0.1) is 0 Å². The number of hydrogen-bond acceptors (Lipinski definition) is 5. The minimum atomic E-state index is -0.352. The van der Waals surface area contributed by atoms with Crippen LogP contribution >= 0.6 is 0 Å². The quantitative estimate of drug-likeness (QED) is 0.217. The molecule has 0 spiro atoms. The van der Waals surface area contributed by atoms with Gasteiger partial charge in [0, 0.05) is 34.1 Å². The average molecular weight is 542 g/mol. The van der Waals surface area contributed by atoms with Crippen LogP contribution in [0.15, 0.2) is 104 Å². The Morgan fingerprint density at radius 2 is 1.66 bits per heavy atom. The molecule has 8 heteroatoms. The largest absolute Gasteiger partial charge is 0.497 e. The zero-order valence-corrected chi connectivity index (χ0v) is 22.1. The van der Waals surface area contributed by atoms with Gasteiger partial charge in [-0.2, -0.15) is 5.10 Å². The van der Waals surface area contributed by atoms with Crippen molar-refractivity contribution in [3.05, 3.63) is 115 Å². The van der Waals surface area contributed by atoms with Gasteiger partial charge >= 0.3 is 0 Å². The number of aromatic nitrogens is 5. The average Bonchev–Trinajstić information content (AvgIpc) is 3.64. The SMILES string of the molecule is COc1cc(F)cc(-c2cccc3[nH]c(-c4n[nH]c5cnc(-c6cncc(OCc7ccccc7)c6)cc45)cc23)c1. The molecule has 41 heavy (non-hydrogen) atoms. The lowest BCUT2D eigenvalue weighted by atomic mass is 10.0. The highest BCUT2D eigenvalue weighted by Crippen LogP contribution is 2.36. The summed E-state index contributed by atoms with van der Waals surface area (Å²) in [6, 6.07) is 26.6. The summed E-state index contributed by atoms with van der Waals surface area (Å²) >= 11 is 0. The van der Waals surface area contributed by atoms with Gasteiger partial charge in [-0.3, -0.25) is 15.1 Å². The monoisotopic (exact) mass is 541 g/mol. The molecule has 0 aliphatic rings. The van der Waals surface area contributed by atoms with E-state index in [1.807, 2.05) is 72.8 Å². The number of aromatic amines is 2. The highest BCUT2D eigenvalue weighted by molar-refractivity contribution is 6.01. The number of rotatable bonds is 7. The topological polar surface area (TPSA) is 88.7 Å². The molecular weight excluding hydrogens is 517 g/mol. The third-order valence-electron chi connectivity index (χ3n) is 7.04. The Bertz CT molecular complexity index is 2020. The fraction of sp³-hybridized carbons (Fsp3) is 0.0606. The highest BCUT2D eigenvalue weighted by atomic mass is 19.1. The molecule has 0 amide bonds. The summed E-state index contributed by atoms with van der Waals surface area (Å²) in [5.74, 6) is 0.780. The van der Waals surface area contributed by atoms with Crippen LogP contribution in [0.5, 0.6) is 11.5 Å². The van der Waals surface area contributed by atoms with E-state index in [-0.39, 0.29) is 5.82 Å². The van der Waals surface area contributed by atoms with E-state index in [0.717, 1.165) is 61.1 Å². The first-order chi connectivity index (χ1) is 20.1. The molecule has 2 N–H and O–H groups in total. The number of nitrogens with one attached hydrogen (secondary N) is 2. The summed E-state index contributed by atoms with van der Waals surface area (Å²) in [6.07, 6.45) is 5.24. The van der Waals surface area contributed by atoms with Gasteiger partial charge in [0.2, 0.25) is 0 Å². The van der Waals surface area contributed by atoms with E-state index in [2.05, 4.69) is 25.1 Å². The first kappa shape index (κ1) is 24.5. The van der Waals surface area contributed by atoms with Gasteiger partial charge in [-0.1, -0.05) is 42.5 Å². The van der Waals surface area contributed by atoms with Crippen molar-refractivity contribution in [2.75, 3.05) is 7.11 Å². The molecule has 0 aliphatic carbocycles. The number of benzene rings is 3. The van der Waals surface area contributed by atoms with E-state index >= 15 is 0 Å². The highest BCUT2D eigenvalue weighted by Gasteiger charge is 2.16. The second kappa shape index (κ2) is 10.2. The Kier molecular flexibility index (Phi) is 6.13. The molecule has 7 aromatic rings. The summed E-state index contributed by atoms with van der Waals surface area (Å²) in [5, 5.41) is 9.55. The Hall–Kier alpha value is -5.50. The molecule has 4 heterocycles. The van der Waals surface area contributed by atoms with Crippen LogP contribution < -0.4 is 9.47 Å². The first-order valence-electron chi connectivity index (χ1n) is 13.1. The second-order valence-electron chi connectivity index (χ2n) is 9.70. The number of H-pyrrole nitrogens is 2. The van der Waals surface area contributed by atoms with Gasteiger partial charge in [-0.05, 0) is 53.1 Å². The van der Waals surface area contributed by atoms with E-state index in [9.17, 15) is 4.39 Å². The molecule has 7 rings (SSSR count). The zero-order valence-electron chi connectivity index (χ0n) is 22.1. The number of methoxy groups -OCH3 is 1. The van der Waals surface area contributed by atoms with Crippen molar-refractivity contribution in [3.63, 3.8) is 0 Å². The molecule has 7 nitrogen and oxygen atoms in total. The van der Waals surface area contributed by atoms with Crippen molar-refractivity contribution < 1.29 is 13.9 Å². The van der Waals surface area contributed by atoms with Crippen LogP contribution in [0, 0.1) is 5.82 Å². The van der Waals surface area contributed by atoms with Crippen LogP contribution in [0.3, 0.4) is 0 Å². The fourth-order valence-corrected chi connectivity index (χ4v) is 5.03. The van der Waals surface area contributed by atoms with Crippen LogP contribution in [0.25, 0.3) is 55.6 Å². The summed E-state index contributed by atoms with van der Waals surface area (Å²) in [6.45, 7) is 0.453. The van der Waals surface area contributed by atoms with E-state index in [0.29, 0.717) is 18.1 Å². The van der Waals surface area contributed by atoms with Crippen molar-refractivity contribution in [1.29, 1.82) is 0 Å². The molecule has 4 aromatic heterocycles. The maximum Gasteiger partial charge on any atom is 0.138 e. The van der Waals surface area contributed by atoms with E-state index in [1.54, 1.807) is 18.6 Å². The molecule has 0 aliphatic heterocycles. The summed E-state index contributed by atoms with van der Waals surface area (Å²) in [4.78, 5) is 12.5. The maximum atomic E-state index is 14.3. The second-order valence-corrected chi connectivity index (χ2v) is 9.70. The van der Waals surface area contributed by atoms with Crippen molar-refractivity contribution in [2.45, 2.75) is 6.61 Å². The van der Waals surface area contributed by atoms with Crippen molar-refractivity contribution >= 4 is 21.8 Å². The third kappa shape index (κ3) is 4.76. The normalized spacial score (nSPS) is 11.3. The van der Waals surface area contributed by atoms with Crippen LogP contribution in [-0.4, -0.2) is 32.3 Å². The molecule has 0 radical (unpaired) electrons. The molecule has 0 bridgehead atoms. The zero-order chi connectivity index (χ0) is 27.8. The number of ether oxygens (including phenoxy) is 2. The Morgan fingerprint density at radius 1 is 0.780 bits per heavy atom. The molecule has 0 fully saturated rings. The number of hydrogen-bond donors (Lipinski definition) is 2. The van der Waals surface area contributed by atoms with Crippen LogP contribution in [0.2, 0.25) is 0 Å². The van der Waals surface area contributed by atoms with Crippen LogP contribution in [0.4, 0.5) is 4.39 Å². The van der Waals surface area contributed by atoms with Gasteiger partial charge in [0.05, 0.1) is 36.4 Å². The number of nitrogens with zero attached hydrogens (tertiary/aromatic N) is 3. The molecule has 0 saturated heterocycles. The Morgan fingerprint density at radius 3 is 2.54 bits per heavy atom. The van der Waals surface area contributed by atoms with Gasteiger partial charge in [-0.25, -0.2) is 4.39 Å². The number of halogens is 1. The van der Waals surface area contributed by atoms with Gasteiger partial charge < -0.3 is 14.5 Å². The summed E-state index contributed by atoms with van der Waals surface area (Å²) in [7, 11) is 1.53. The fourth-order valence-electron chi connectivity index (χ4n) is 5.03. The molecule has 0 atom stereocenters. The lowest BCUT2D eigenvalue weighted by molar-refractivity contribution is 0.305. The minimum Gasteiger partial charge on any atom is -0.497 e. The molecule has 0 saturated carbocycles. The van der Waals surface area contributed by atoms with E-state index < -0.39 is 0 Å². The lowest BCUT2D eigenvalue weighted by Crippen LogP contribution is -1.96. The molecular formula is C33H24FN5O2. The molecule has 200 valence electrons. The van der Waals surface area contributed by atoms with Crippen LogP contribution in [-0.2, 0) is 6.61 Å². The van der Waals surface area contributed by atoms with Crippen molar-refractivity contribution in [1.82, 2.24) is 25.1 Å². The molecule has 0 unspecified atom stereocenters. The predicted octanol–water partition coefficient (Wildman–Crippen LogP) is 7.56. The minimum absolute atomic E-state index is 0.352. The molecule has 3 aromatic carbocycles. The van der Waals surface area contributed by atoms with Crippen molar-refractivity contribution in [2.24, 2.45) is 0 Å². The van der Waals surface area contributed by atoms with Crippen LogP contribution in [0.1, 0.15) is 5.56 Å². The smallest absolute Gasteiger partial charge is 0.138 e. The van der Waals surface area contributed by atoms with Gasteiger partial charge in [0.15, 0.2) is 0 Å². The van der Waals surface area contributed by atoms with E-state index in [4.69, 9.17) is 9.47 Å². The summed E-state index contributed by atoms with van der Waals surface area (Å²) in [5.41, 5.74) is 7.61.